The molecular weight excluding hydrogens is 245 g/mol. The number of benzene rings is 1. The second-order valence-electron chi connectivity index (χ2n) is 4.68. The van der Waals surface area contributed by atoms with Crippen LogP contribution in [0.3, 0.4) is 0 Å². The number of quaternary nitrogens is 1. The summed E-state index contributed by atoms with van der Waals surface area (Å²) in [5.74, 6) is 1.86. The molecule has 102 valence electrons. The molecule has 1 atom stereocenters. The molecule has 0 aliphatic carbocycles. The van der Waals surface area contributed by atoms with E-state index in [4.69, 9.17) is 9.15 Å². The predicted octanol–water partition coefficient (Wildman–Crippen LogP) is 2.20. The first-order valence-corrected chi connectivity index (χ1v) is 6.46. The Balaban J connectivity index is 1.64. The smallest absolute Gasteiger partial charge is 0.157 e. The van der Waals surface area contributed by atoms with Gasteiger partial charge in [-0.3, -0.25) is 0 Å². The van der Waals surface area contributed by atoms with Crippen LogP contribution in [0.2, 0.25) is 0 Å². The van der Waals surface area contributed by atoms with Crippen molar-refractivity contribution in [3.63, 3.8) is 0 Å². The highest BCUT2D eigenvalue weighted by molar-refractivity contribution is 5.21. The van der Waals surface area contributed by atoms with Crippen molar-refractivity contribution in [2.75, 3.05) is 13.2 Å². The second kappa shape index (κ2) is 6.95. The van der Waals surface area contributed by atoms with Crippen LogP contribution >= 0.6 is 0 Å². The number of furan rings is 1. The van der Waals surface area contributed by atoms with E-state index in [2.05, 4.69) is 12.2 Å². The molecule has 0 aliphatic heterocycles. The van der Waals surface area contributed by atoms with Crippen LogP contribution in [-0.2, 0) is 6.54 Å². The van der Waals surface area contributed by atoms with E-state index in [1.54, 1.807) is 18.4 Å². The van der Waals surface area contributed by atoms with E-state index in [1.807, 2.05) is 12.1 Å². The molecule has 0 bridgehead atoms. The number of hydrogen-bond donors (Lipinski definition) is 1. The van der Waals surface area contributed by atoms with E-state index in [-0.39, 0.29) is 5.82 Å². The molecule has 0 radical (unpaired) electrons. The Kier molecular flexibility index (Phi) is 4.98. The van der Waals surface area contributed by atoms with Crippen LogP contribution in [0.4, 0.5) is 4.39 Å². The lowest BCUT2D eigenvalue weighted by atomic mass is 10.2. The minimum atomic E-state index is -0.243. The van der Waals surface area contributed by atoms with Gasteiger partial charge in [0.15, 0.2) is 5.76 Å². The third-order valence-electron chi connectivity index (χ3n) is 2.84. The summed E-state index contributed by atoms with van der Waals surface area (Å²) >= 11 is 0. The van der Waals surface area contributed by atoms with Crippen molar-refractivity contribution in [3.05, 3.63) is 54.2 Å². The first kappa shape index (κ1) is 13.6. The fourth-order valence-electron chi connectivity index (χ4n) is 1.78. The molecule has 19 heavy (non-hydrogen) atoms. The van der Waals surface area contributed by atoms with Gasteiger partial charge in [0.05, 0.1) is 19.4 Å². The Morgan fingerprint density at radius 1 is 1.26 bits per heavy atom. The molecule has 2 aromatic rings. The lowest BCUT2D eigenvalue weighted by Gasteiger charge is -2.11. The fraction of sp³-hybridized carbons (Fsp3) is 0.333. The number of ether oxygens (including phenoxy) is 1. The van der Waals surface area contributed by atoms with Gasteiger partial charge in [-0.15, -0.1) is 0 Å². The van der Waals surface area contributed by atoms with E-state index in [1.165, 1.54) is 12.1 Å². The Morgan fingerprint density at radius 2 is 2.05 bits per heavy atom. The zero-order valence-electron chi connectivity index (χ0n) is 11.0. The van der Waals surface area contributed by atoms with Crippen molar-refractivity contribution in [2.24, 2.45) is 5.92 Å². The van der Waals surface area contributed by atoms with Crippen LogP contribution in [0, 0.1) is 11.7 Å². The number of hydrogen-bond acceptors (Lipinski definition) is 2. The molecule has 2 rings (SSSR count). The van der Waals surface area contributed by atoms with Crippen molar-refractivity contribution < 1.29 is 18.9 Å². The summed E-state index contributed by atoms with van der Waals surface area (Å²) in [5, 5.41) is 2.19. The van der Waals surface area contributed by atoms with Crippen molar-refractivity contribution in [1.29, 1.82) is 0 Å². The summed E-state index contributed by atoms with van der Waals surface area (Å²) in [5.41, 5.74) is 0. The van der Waals surface area contributed by atoms with Crippen molar-refractivity contribution in [2.45, 2.75) is 13.5 Å². The van der Waals surface area contributed by atoms with Gasteiger partial charge in [0.25, 0.3) is 0 Å². The first-order valence-electron chi connectivity index (χ1n) is 6.46. The molecule has 0 fully saturated rings. The molecule has 1 aromatic heterocycles. The van der Waals surface area contributed by atoms with Crippen LogP contribution < -0.4 is 10.1 Å². The largest absolute Gasteiger partial charge is 0.493 e. The minimum Gasteiger partial charge on any atom is -0.493 e. The Hall–Kier alpha value is -1.81. The lowest BCUT2D eigenvalue weighted by molar-refractivity contribution is -0.677. The average Bonchev–Trinajstić information content (AvgIpc) is 2.91. The molecule has 2 N–H and O–H groups in total. The van der Waals surface area contributed by atoms with Gasteiger partial charge in [-0.1, -0.05) is 6.92 Å². The lowest BCUT2D eigenvalue weighted by Crippen LogP contribution is -2.84. The number of rotatable bonds is 7. The highest BCUT2D eigenvalue weighted by Gasteiger charge is 2.06. The van der Waals surface area contributed by atoms with Gasteiger partial charge in [-0.2, -0.15) is 0 Å². The van der Waals surface area contributed by atoms with E-state index in [0.717, 1.165) is 18.8 Å². The van der Waals surface area contributed by atoms with Crippen molar-refractivity contribution in [1.82, 2.24) is 0 Å². The van der Waals surface area contributed by atoms with Crippen LogP contribution in [-0.4, -0.2) is 13.2 Å². The number of halogens is 1. The molecule has 0 spiro atoms. The Bertz CT molecular complexity index is 467. The molecule has 0 saturated carbocycles. The van der Waals surface area contributed by atoms with Crippen LogP contribution in [0.5, 0.6) is 5.75 Å². The van der Waals surface area contributed by atoms with Gasteiger partial charge in [-0.05, 0) is 36.4 Å². The molecule has 3 nitrogen and oxygen atoms in total. The van der Waals surface area contributed by atoms with Crippen LogP contribution in [0.15, 0.2) is 47.1 Å². The summed E-state index contributed by atoms with van der Waals surface area (Å²) in [6, 6.07) is 9.97. The molecule has 0 amide bonds. The van der Waals surface area contributed by atoms with Crippen molar-refractivity contribution in [3.8, 4) is 5.75 Å². The monoisotopic (exact) mass is 264 g/mol. The maximum atomic E-state index is 12.7. The second-order valence-corrected chi connectivity index (χ2v) is 4.68. The van der Waals surface area contributed by atoms with E-state index in [0.29, 0.717) is 18.3 Å². The summed E-state index contributed by atoms with van der Waals surface area (Å²) in [4.78, 5) is 0. The zero-order chi connectivity index (χ0) is 13.5. The third-order valence-corrected chi connectivity index (χ3v) is 2.84. The van der Waals surface area contributed by atoms with Gasteiger partial charge in [0, 0.05) is 5.92 Å². The van der Waals surface area contributed by atoms with E-state index >= 15 is 0 Å². The summed E-state index contributed by atoms with van der Waals surface area (Å²) in [6.45, 7) is 4.55. The average molecular weight is 264 g/mol. The number of nitrogens with two attached hydrogens (primary N) is 1. The molecular formula is C15H19FNO2+. The standard InChI is InChI=1S/C15H18FNO2/c1-12(9-17-10-15-3-2-8-18-15)11-19-14-6-4-13(16)5-7-14/h2-8,12,17H,9-11H2,1H3/p+1/t12-/m0/s1. The third kappa shape index (κ3) is 4.75. The van der Waals surface area contributed by atoms with Gasteiger partial charge >= 0.3 is 0 Å². The SMILES string of the molecule is C[C@@H](C[NH2+]Cc1ccco1)COc1ccc(F)cc1. The Labute approximate surface area is 112 Å². The molecule has 1 heterocycles. The molecule has 4 heteroatoms. The van der Waals surface area contributed by atoms with E-state index in [9.17, 15) is 4.39 Å². The quantitative estimate of drug-likeness (QED) is 0.832. The molecule has 0 saturated heterocycles. The fourth-order valence-corrected chi connectivity index (χ4v) is 1.78. The highest BCUT2D eigenvalue weighted by atomic mass is 19.1. The summed E-state index contributed by atoms with van der Waals surface area (Å²) in [7, 11) is 0. The highest BCUT2D eigenvalue weighted by Crippen LogP contribution is 2.11. The molecule has 1 aromatic carbocycles. The minimum absolute atomic E-state index is 0.243. The maximum absolute atomic E-state index is 12.7. The molecule has 0 unspecified atom stereocenters. The summed E-state index contributed by atoms with van der Waals surface area (Å²) < 4.78 is 23.6. The zero-order valence-corrected chi connectivity index (χ0v) is 11.0. The first-order chi connectivity index (χ1) is 9.24. The maximum Gasteiger partial charge on any atom is 0.157 e. The van der Waals surface area contributed by atoms with Crippen LogP contribution in [0.25, 0.3) is 0 Å². The van der Waals surface area contributed by atoms with Gasteiger partial charge < -0.3 is 14.5 Å². The summed E-state index contributed by atoms with van der Waals surface area (Å²) in [6.07, 6.45) is 1.68. The van der Waals surface area contributed by atoms with Gasteiger partial charge in [0.2, 0.25) is 0 Å². The normalized spacial score (nSPS) is 12.3. The molecule has 0 aliphatic rings. The predicted molar refractivity (Wildman–Crippen MR) is 70.3 cm³/mol. The van der Waals surface area contributed by atoms with Gasteiger partial charge in [0.1, 0.15) is 18.1 Å². The van der Waals surface area contributed by atoms with Crippen molar-refractivity contribution >= 4 is 0 Å². The van der Waals surface area contributed by atoms with E-state index < -0.39 is 0 Å². The van der Waals surface area contributed by atoms with Gasteiger partial charge in [-0.25, -0.2) is 4.39 Å². The van der Waals surface area contributed by atoms with Crippen LogP contribution in [0.1, 0.15) is 12.7 Å². The topological polar surface area (TPSA) is 39.0 Å². The Morgan fingerprint density at radius 3 is 2.74 bits per heavy atom.